The highest BCUT2D eigenvalue weighted by Crippen LogP contribution is 2.34. The van der Waals surface area contributed by atoms with Crippen LogP contribution in [0.25, 0.3) is 0 Å². The van der Waals surface area contributed by atoms with Crippen molar-refractivity contribution in [1.82, 2.24) is 5.01 Å². The van der Waals surface area contributed by atoms with Crippen molar-refractivity contribution in [3.8, 4) is 5.75 Å². The summed E-state index contributed by atoms with van der Waals surface area (Å²) in [4.78, 5) is 21.7. The molecular formula is C12H14N4O4. The first-order valence-electron chi connectivity index (χ1n) is 5.87. The van der Waals surface area contributed by atoms with E-state index in [9.17, 15) is 9.59 Å². The van der Waals surface area contributed by atoms with Gasteiger partial charge in [-0.1, -0.05) is 5.22 Å². The highest BCUT2D eigenvalue weighted by Gasteiger charge is 2.17. The second-order valence-electron chi connectivity index (χ2n) is 4.37. The smallest absolute Gasteiger partial charge is 0.324 e. The van der Waals surface area contributed by atoms with Gasteiger partial charge in [-0.25, -0.2) is 0 Å². The van der Waals surface area contributed by atoms with Gasteiger partial charge >= 0.3 is 5.97 Å². The second-order valence-corrected chi connectivity index (χ2v) is 4.37. The number of carboxylic acid groups (broad SMARTS) is 1. The van der Waals surface area contributed by atoms with E-state index in [-0.39, 0.29) is 19.1 Å². The number of fused-ring (bicyclic) bond motifs is 1. The molecule has 2 rings (SSSR count). The topological polar surface area (TPSA) is 104 Å². The zero-order valence-corrected chi connectivity index (χ0v) is 11.1. The minimum absolute atomic E-state index is 0.0361. The number of hydrogen-bond donors (Lipinski definition) is 2. The van der Waals surface area contributed by atoms with Crippen LogP contribution in [0.2, 0.25) is 0 Å². The number of carbonyl (C=O) groups is 2. The van der Waals surface area contributed by atoms with Gasteiger partial charge in [0.1, 0.15) is 12.3 Å². The standard InChI is InChI=1S/C12H14N4O4/c1-7-3-9-10(20-6-11(17)13-9)4-8(7)14-15-16(2)5-12(18)19/h3-4H,5-6H2,1-2H3,(H,13,17)(H,18,19)/b15-14+. The molecule has 0 bridgehead atoms. The number of rotatable bonds is 4. The highest BCUT2D eigenvalue weighted by atomic mass is 16.5. The number of nitrogens with one attached hydrogen (secondary N) is 1. The molecule has 106 valence electrons. The fourth-order valence-electron chi connectivity index (χ4n) is 1.68. The molecule has 1 aliphatic rings. The molecule has 0 radical (unpaired) electrons. The molecule has 1 aromatic rings. The molecule has 0 spiro atoms. The number of carboxylic acids is 1. The van der Waals surface area contributed by atoms with Gasteiger partial charge in [0.2, 0.25) is 0 Å². The number of nitrogens with zero attached hydrogens (tertiary/aromatic N) is 3. The average molecular weight is 278 g/mol. The van der Waals surface area contributed by atoms with E-state index in [1.807, 2.05) is 6.92 Å². The van der Waals surface area contributed by atoms with Crippen LogP contribution in [0.15, 0.2) is 22.5 Å². The normalized spacial score (nSPS) is 13.6. The number of ether oxygens (including phenoxy) is 1. The third kappa shape index (κ3) is 3.22. The van der Waals surface area contributed by atoms with Crippen molar-refractivity contribution in [3.63, 3.8) is 0 Å². The Morgan fingerprint density at radius 2 is 2.30 bits per heavy atom. The monoisotopic (exact) mass is 278 g/mol. The SMILES string of the molecule is Cc1cc2c(cc1/N=N/N(C)CC(=O)O)OCC(=O)N2. The molecule has 0 unspecified atom stereocenters. The van der Waals surface area contributed by atoms with E-state index in [0.29, 0.717) is 17.1 Å². The first kappa shape index (κ1) is 13.8. The van der Waals surface area contributed by atoms with E-state index in [0.717, 1.165) is 5.56 Å². The van der Waals surface area contributed by atoms with E-state index < -0.39 is 5.97 Å². The van der Waals surface area contributed by atoms with Crippen molar-refractivity contribution < 1.29 is 19.4 Å². The lowest BCUT2D eigenvalue weighted by atomic mass is 10.1. The summed E-state index contributed by atoms with van der Waals surface area (Å²) in [5.74, 6) is -0.669. The molecule has 0 saturated heterocycles. The predicted molar refractivity (Wildman–Crippen MR) is 70.1 cm³/mol. The average Bonchev–Trinajstić information content (AvgIpc) is 2.35. The molecule has 0 fully saturated rings. The number of hydrogen-bond acceptors (Lipinski definition) is 5. The predicted octanol–water partition coefficient (Wildman–Crippen LogP) is 1.34. The second kappa shape index (κ2) is 5.55. The zero-order chi connectivity index (χ0) is 14.7. The van der Waals surface area contributed by atoms with Crippen LogP contribution in [0.5, 0.6) is 5.75 Å². The van der Waals surface area contributed by atoms with Gasteiger partial charge in [0.15, 0.2) is 6.61 Å². The molecule has 8 nitrogen and oxygen atoms in total. The van der Waals surface area contributed by atoms with Gasteiger partial charge in [0.05, 0.1) is 11.4 Å². The van der Waals surface area contributed by atoms with Crippen LogP contribution in [0.3, 0.4) is 0 Å². The number of carbonyl (C=O) groups excluding carboxylic acids is 1. The Morgan fingerprint density at radius 1 is 1.55 bits per heavy atom. The quantitative estimate of drug-likeness (QED) is 0.639. The Morgan fingerprint density at radius 3 is 3.00 bits per heavy atom. The number of anilines is 1. The largest absolute Gasteiger partial charge is 0.482 e. The van der Waals surface area contributed by atoms with Gasteiger partial charge in [-0.05, 0) is 18.6 Å². The van der Waals surface area contributed by atoms with Crippen molar-refractivity contribution in [2.45, 2.75) is 6.92 Å². The Bertz CT molecular complexity index is 585. The van der Waals surface area contributed by atoms with Gasteiger partial charge in [0.25, 0.3) is 5.91 Å². The maximum atomic E-state index is 11.2. The Kier molecular flexibility index (Phi) is 3.83. The van der Waals surface area contributed by atoms with Crippen molar-refractivity contribution in [2.24, 2.45) is 10.3 Å². The number of amides is 1. The lowest BCUT2D eigenvalue weighted by Crippen LogP contribution is -2.25. The van der Waals surface area contributed by atoms with E-state index in [1.165, 1.54) is 12.1 Å². The summed E-state index contributed by atoms with van der Waals surface area (Å²) >= 11 is 0. The first-order valence-corrected chi connectivity index (χ1v) is 5.87. The molecule has 0 saturated carbocycles. The Labute approximate surface area is 115 Å². The first-order chi connectivity index (χ1) is 9.45. The molecule has 20 heavy (non-hydrogen) atoms. The van der Waals surface area contributed by atoms with Gasteiger partial charge in [-0.3, -0.25) is 14.6 Å². The fourth-order valence-corrected chi connectivity index (χ4v) is 1.68. The van der Waals surface area contributed by atoms with Crippen molar-refractivity contribution >= 4 is 23.3 Å². The number of likely N-dealkylation sites (N-methyl/N-ethyl adjacent to an activating group) is 1. The molecule has 1 heterocycles. The lowest BCUT2D eigenvalue weighted by Gasteiger charge is -2.18. The Balaban J connectivity index is 2.19. The molecular weight excluding hydrogens is 264 g/mol. The van der Waals surface area contributed by atoms with E-state index >= 15 is 0 Å². The van der Waals surface area contributed by atoms with Crippen LogP contribution in [-0.2, 0) is 9.59 Å². The van der Waals surface area contributed by atoms with Crippen LogP contribution < -0.4 is 10.1 Å². The molecule has 0 aromatic heterocycles. The third-order valence-corrected chi connectivity index (χ3v) is 2.60. The maximum absolute atomic E-state index is 11.2. The number of aliphatic carboxylic acids is 1. The molecule has 1 aromatic carbocycles. The van der Waals surface area contributed by atoms with Crippen LogP contribution in [-0.4, -0.2) is 42.2 Å². The summed E-state index contributed by atoms with van der Waals surface area (Å²) in [7, 11) is 1.52. The summed E-state index contributed by atoms with van der Waals surface area (Å²) in [6, 6.07) is 3.39. The molecule has 8 heteroatoms. The zero-order valence-electron chi connectivity index (χ0n) is 11.1. The molecule has 2 N–H and O–H groups in total. The molecule has 0 aliphatic carbocycles. The minimum Gasteiger partial charge on any atom is -0.482 e. The van der Waals surface area contributed by atoms with Gasteiger partial charge in [-0.2, -0.15) is 0 Å². The summed E-state index contributed by atoms with van der Waals surface area (Å²) < 4.78 is 5.28. The van der Waals surface area contributed by atoms with Crippen molar-refractivity contribution in [3.05, 3.63) is 17.7 Å². The lowest BCUT2D eigenvalue weighted by molar-refractivity contribution is -0.138. The van der Waals surface area contributed by atoms with Crippen LogP contribution >= 0.6 is 0 Å². The van der Waals surface area contributed by atoms with Crippen LogP contribution in [0.1, 0.15) is 5.56 Å². The molecule has 1 aliphatic heterocycles. The van der Waals surface area contributed by atoms with Gasteiger partial charge < -0.3 is 15.2 Å². The van der Waals surface area contributed by atoms with E-state index in [4.69, 9.17) is 9.84 Å². The number of benzene rings is 1. The molecule has 1 amide bonds. The van der Waals surface area contributed by atoms with Crippen LogP contribution in [0.4, 0.5) is 11.4 Å². The Hall–Kier alpha value is -2.64. The minimum atomic E-state index is -0.986. The van der Waals surface area contributed by atoms with Gasteiger partial charge in [-0.15, -0.1) is 5.11 Å². The summed E-state index contributed by atoms with van der Waals surface area (Å²) in [6.07, 6.45) is 0. The van der Waals surface area contributed by atoms with Crippen molar-refractivity contribution in [1.29, 1.82) is 0 Å². The van der Waals surface area contributed by atoms with E-state index in [1.54, 1.807) is 12.1 Å². The molecule has 0 atom stereocenters. The number of aryl methyl sites for hydroxylation is 1. The van der Waals surface area contributed by atoms with Gasteiger partial charge in [0, 0.05) is 13.1 Å². The van der Waals surface area contributed by atoms with Crippen molar-refractivity contribution in [2.75, 3.05) is 25.5 Å². The third-order valence-electron chi connectivity index (χ3n) is 2.60. The van der Waals surface area contributed by atoms with Crippen LogP contribution in [0, 0.1) is 6.92 Å². The maximum Gasteiger partial charge on any atom is 0.324 e. The summed E-state index contributed by atoms with van der Waals surface area (Å²) in [5, 5.41) is 20.3. The fraction of sp³-hybridized carbons (Fsp3) is 0.333. The highest BCUT2D eigenvalue weighted by molar-refractivity contribution is 5.95. The van der Waals surface area contributed by atoms with E-state index in [2.05, 4.69) is 15.7 Å². The summed E-state index contributed by atoms with van der Waals surface area (Å²) in [6.45, 7) is 1.54. The summed E-state index contributed by atoms with van der Waals surface area (Å²) in [5.41, 5.74) is 1.94.